The minimum absolute atomic E-state index is 0.293. The Bertz CT molecular complexity index is 482. The average Bonchev–Trinajstić information content (AvgIpc) is 2.78. The van der Waals surface area contributed by atoms with E-state index in [2.05, 4.69) is 15.5 Å². The van der Waals surface area contributed by atoms with Gasteiger partial charge in [0.2, 0.25) is 0 Å². The van der Waals surface area contributed by atoms with Gasteiger partial charge in [0, 0.05) is 12.1 Å². The summed E-state index contributed by atoms with van der Waals surface area (Å²) in [6.07, 6.45) is 1.83. The number of aromatic nitrogens is 4. The van der Waals surface area contributed by atoms with Crippen molar-refractivity contribution >= 4 is 0 Å². The second-order valence-electron chi connectivity index (χ2n) is 3.73. The van der Waals surface area contributed by atoms with Crippen LogP contribution in [0.5, 0.6) is 0 Å². The Kier molecular flexibility index (Phi) is 3.77. The Morgan fingerprint density at radius 2 is 2.18 bits per heavy atom. The van der Waals surface area contributed by atoms with Crippen molar-refractivity contribution in [2.75, 3.05) is 6.54 Å². The molecule has 0 saturated carbocycles. The highest BCUT2D eigenvalue weighted by molar-refractivity contribution is 5.54. The van der Waals surface area contributed by atoms with Gasteiger partial charge in [-0.25, -0.2) is 9.07 Å². The zero-order valence-corrected chi connectivity index (χ0v) is 9.38. The average molecular weight is 235 g/mol. The summed E-state index contributed by atoms with van der Waals surface area (Å²) in [5.41, 5.74) is 6.11. The highest BCUT2D eigenvalue weighted by Crippen LogP contribution is 2.16. The standard InChI is InChI=1S/C11H14FN5/c12-10-5-3-4-9(8-10)11-14-15-16-17(11)7-2-1-6-13/h3-5,8H,1-2,6-7,13H2. The Morgan fingerprint density at radius 3 is 2.94 bits per heavy atom. The second kappa shape index (κ2) is 5.49. The Balaban J connectivity index is 2.18. The van der Waals surface area contributed by atoms with Gasteiger partial charge in [-0.1, -0.05) is 12.1 Å². The van der Waals surface area contributed by atoms with Crippen molar-refractivity contribution in [3.8, 4) is 11.4 Å². The molecule has 90 valence electrons. The van der Waals surface area contributed by atoms with Crippen LogP contribution in [0.15, 0.2) is 24.3 Å². The third-order valence-corrected chi connectivity index (χ3v) is 2.44. The number of benzene rings is 1. The van der Waals surface area contributed by atoms with E-state index in [-0.39, 0.29) is 5.82 Å². The van der Waals surface area contributed by atoms with Gasteiger partial charge in [-0.05, 0) is 41.9 Å². The first kappa shape index (κ1) is 11.7. The number of nitrogens with two attached hydrogens (primary N) is 1. The van der Waals surface area contributed by atoms with Crippen LogP contribution < -0.4 is 5.73 Å². The van der Waals surface area contributed by atoms with Crippen LogP contribution in [0, 0.1) is 5.82 Å². The first-order valence-electron chi connectivity index (χ1n) is 5.53. The molecule has 2 aromatic rings. The summed E-state index contributed by atoms with van der Waals surface area (Å²) < 4.78 is 14.8. The minimum atomic E-state index is -0.293. The molecule has 0 bridgehead atoms. The molecule has 2 rings (SSSR count). The number of halogens is 1. The van der Waals surface area contributed by atoms with Crippen molar-refractivity contribution in [3.05, 3.63) is 30.1 Å². The van der Waals surface area contributed by atoms with Gasteiger partial charge >= 0.3 is 0 Å². The summed E-state index contributed by atoms with van der Waals surface area (Å²) in [4.78, 5) is 0. The fourth-order valence-corrected chi connectivity index (χ4v) is 1.60. The molecule has 6 heteroatoms. The molecular weight excluding hydrogens is 221 g/mol. The van der Waals surface area contributed by atoms with Crippen LogP contribution >= 0.6 is 0 Å². The molecule has 0 aliphatic heterocycles. The lowest BCUT2D eigenvalue weighted by Crippen LogP contribution is -2.06. The topological polar surface area (TPSA) is 69.6 Å². The summed E-state index contributed by atoms with van der Waals surface area (Å²) >= 11 is 0. The van der Waals surface area contributed by atoms with Crippen LogP contribution in [0.1, 0.15) is 12.8 Å². The fraction of sp³-hybridized carbons (Fsp3) is 0.364. The molecule has 0 aliphatic rings. The van der Waals surface area contributed by atoms with E-state index >= 15 is 0 Å². The van der Waals surface area contributed by atoms with E-state index in [1.54, 1.807) is 16.8 Å². The van der Waals surface area contributed by atoms with Crippen molar-refractivity contribution in [3.63, 3.8) is 0 Å². The van der Waals surface area contributed by atoms with Gasteiger partial charge in [0.15, 0.2) is 5.82 Å². The lowest BCUT2D eigenvalue weighted by molar-refractivity contribution is 0.548. The molecule has 0 radical (unpaired) electrons. The van der Waals surface area contributed by atoms with Gasteiger partial charge < -0.3 is 5.73 Å². The van der Waals surface area contributed by atoms with Crippen LogP contribution in [-0.4, -0.2) is 26.8 Å². The minimum Gasteiger partial charge on any atom is -0.330 e. The predicted octanol–water partition coefficient (Wildman–Crippen LogP) is 1.22. The number of rotatable bonds is 5. The molecule has 0 amide bonds. The van der Waals surface area contributed by atoms with E-state index in [1.165, 1.54) is 12.1 Å². The summed E-state index contributed by atoms with van der Waals surface area (Å²) in [6, 6.07) is 6.24. The van der Waals surface area contributed by atoms with E-state index in [0.717, 1.165) is 12.8 Å². The number of hydrogen-bond acceptors (Lipinski definition) is 4. The fourth-order valence-electron chi connectivity index (χ4n) is 1.60. The van der Waals surface area contributed by atoms with Gasteiger partial charge in [0.05, 0.1) is 0 Å². The molecule has 0 fully saturated rings. The summed E-state index contributed by atoms with van der Waals surface area (Å²) in [5.74, 6) is 0.292. The zero-order chi connectivity index (χ0) is 12.1. The van der Waals surface area contributed by atoms with E-state index in [4.69, 9.17) is 5.73 Å². The SMILES string of the molecule is NCCCCn1nnnc1-c1cccc(F)c1. The molecule has 2 N–H and O–H groups in total. The van der Waals surface area contributed by atoms with Crippen molar-refractivity contribution in [2.24, 2.45) is 5.73 Å². The van der Waals surface area contributed by atoms with Gasteiger partial charge in [-0.2, -0.15) is 0 Å². The quantitative estimate of drug-likeness (QED) is 0.791. The van der Waals surface area contributed by atoms with Crippen LogP contribution in [-0.2, 0) is 6.54 Å². The molecule has 1 heterocycles. The van der Waals surface area contributed by atoms with E-state index in [0.29, 0.717) is 24.5 Å². The molecule has 17 heavy (non-hydrogen) atoms. The number of nitrogens with zero attached hydrogens (tertiary/aromatic N) is 4. The molecule has 0 spiro atoms. The molecule has 0 atom stereocenters. The maximum Gasteiger partial charge on any atom is 0.182 e. The van der Waals surface area contributed by atoms with E-state index < -0.39 is 0 Å². The maximum atomic E-state index is 13.1. The lowest BCUT2D eigenvalue weighted by atomic mass is 10.2. The molecule has 0 saturated heterocycles. The van der Waals surface area contributed by atoms with E-state index in [9.17, 15) is 4.39 Å². The second-order valence-corrected chi connectivity index (χ2v) is 3.73. The molecule has 0 aliphatic carbocycles. The lowest BCUT2D eigenvalue weighted by Gasteiger charge is -2.03. The maximum absolute atomic E-state index is 13.1. The molecule has 5 nitrogen and oxygen atoms in total. The summed E-state index contributed by atoms with van der Waals surface area (Å²) in [7, 11) is 0. The predicted molar refractivity (Wildman–Crippen MR) is 61.5 cm³/mol. The van der Waals surface area contributed by atoms with Gasteiger partial charge in [-0.15, -0.1) is 5.10 Å². The largest absolute Gasteiger partial charge is 0.330 e. The Hall–Kier alpha value is -1.82. The normalized spacial score (nSPS) is 10.7. The van der Waals surface area contributed by atoms with E-state index in [1.807, 2.05) is 0 Å². The monoisotopic (exact) mass is 235 g/mol. The number of hydrogen-bond donors (Lipinski definition) is 1. The zero-order valence-electron chi connectivity index (χ0n) is 9.38. The van der Waals surface area contributed by atoms with Crippen molar-refractivity contribution < 1.29 is 4.39 Å². The van der Waals surface area contributed by atoms with Crippen LogP contribution in [0.3, 0.4) is 0 Å². The third-order valence-electron chi connectivity index (χ3n) is 2.44. The van der Waals surface area contributed by atoms with Crippen molar-refractivity contribution in [2.45, 2.75) is 19.4 Å². The van der Waals surface area contributed by atoms with Gasteiger partial charge in [0.1, 0.15) is 5.82 Å². The Labute approximate surface area is 98.4 Å². The Morgan fingerprint density at radius 1 is 1.29 bits per heavy atom. The first-order valence-corrected chi connectivity index (χ1v) is 5.53. The first-order chi connectivity index (χ1) is 8.31. The van der Waals surface area contributed by atoms with Gasteiger partial charge in [-0.3, -0.25) is 0 Å². The van der Waals surface area contributed by atoms with Crippen LogP contribution in [0.2, 0.25) is 0 Å². The highest BCUT2D eigenvalue weighted by Gasteiger charge is 2.08. The van der Waals surface area contributed by atoms with Crippen molar-refractivity contribution in [1.82, 2.24) is 20.2 Å². The highest BCUT2D eigenvalue weighted by atomic mass is 19.1. The molecule has 0 unspecified atom stereocenters. The molecule has 1 aromatic heterocycles. The van der Waals surface area contributed by atoms with Crippen LogP contribution in [0.4, 0.5) is 4.39 Å². The summed E-state index contributed by atoms with van der Waals surface area (Å²) in [6.45, 7) is 1.34. The summed E-state index contributed by atoms with van der Waals surface area (Å²) in [5, 5.41) is 11.4. The van der Waals surface area contributed by atoms with Crippen molar-refractivity contribution in [1.29, 1.82) is 0 Å². The third kappa shape index (κ3) is 2.85. The number of unbranched alkanes of at least 4 members (excludes halogenated alkanes) is 1. The van der Waals surface area contributed by atoms with Crippen LogP contribution in [0.25, 0.3) is 11.4 Å². The smallest absolute Gasteiger partial charge is 0.182 e. The molecule has 1 aromatic carbocycles. The number of tetrazole rings is 1. The molecular formula is C11H14FN5. The van der Waals surface area contributed by atoms with Gasteiger partial charge in [0.25, 0.3) is 0 Å². The number of aryl methyl sites for hydroxylation is 1.